The van der Waals surface area contributed by atoms with E-state index in [-0.39, 0.29) is 5.41 Å². The summed E-state index contributed by atoms with van der Waals surface area (Å²) in [4.78, 5) is 2.60. The number of fused-ring (bicyclic) bond motifs is 9. The van der Waals surface area contributed by atoms with E-state index < -0.39 is 0 Å². The standard InChI is InChI=1S/C57H40N2/c1-57(2)48-29-16-31-51(55(48)47-35-39-19-6-7-20-40(39)36-49(47)57)59(53-32-15-28-46-44-26-12-13-30-50(44)58(56(46)53)41-22-4-3-5-23-41)52-34-33-38-18-9-11-25-43(38)54(52)45-27-14-21-37-17-8-10-24-42(37)45/h3-36H,1-2H3. The molecule has 0 saturated carbocycles. The highest BCUT2D eigenvalue weighted by Gasteiger charge is 2.39. The van der Waals surface area contributed by atoms with Crippen LogP contribution < -0.4 is 4.90 Å². The van der Waals surface area contributed by atoms with Crippen LogP contribution in [0.3, 0.4) is 0 Å². The summed E-state index contributed by atoms with van der Waals surface area (Å²) in [5.74, 6) is 0. The summed E-state index contributed by atoms with van der Waals surface area (Å²) >= 11 is 0. The summed E-state index contributed by atoms with van der Waals surface area (Å²) < 4.78 is 2.47. The number of aromatic nitrogens is 1. The van der Waals surface area contributed by atoms with Crippen LogP contribution in [0.2, 0.25) is 0 Å². The second kappa shape index (κ2) is 12.8. The number of anilines is 3. The van der Waals surface area contributed by atoms with E-state index in [0.29, 0.717) is 0 Å². The monoisotopic (exact) mass is 752 g/mol. The molecule has 1 aromatic heterocycles. The van der Waals surface area contributed by atoms with E-state index in [4.69, 9.17) is 0 Å². The van der Waals surface area contributed by atoms with E-state index >= 15 is 0 Å². The summed E-state index contributed by atoms with van der Waals surface area (Å²) in [7, 11) is 0. The molecule has 0 spiro atoms. The van der Waals surface area contributed by atoms with Gasteiger partial charge in [0.2, 0.25) is 0 Å². The number of benzene rings is 10. The number of rotatable bonds is 5. The quantitative estimate of drug-likeness (QED) is 0.170. The maximum atomic E-state index is 2.60. The van der Waals surface area contributed by atoms with Crippen LogP contribution in [-0.4, -0.2) is 4.57 Å². The minimum atomic E-state index is -0.205. The van der Waals surface area contributed by atoms with Crippen LogP contribution in [0.5, 0.6) is 0 Å². The van der Waals surface area contributed by atoms with E-state index in [1.807, 2.05) is 0 Å². The van der Waals surface area contributed by atoms with Gasteiger partial charge in [0.05, 0.1) is 28.1 Å². The molecule has 0 atom stereocenters. The summed E-state index contributed by atoms with van der Waals surface area (Å²) in [6, 6.07) is 76.4. The van der Waals surface area contributed by atoms with Gasteiger partial charge in [-0.2, -0.15) is 0 Å². The fourth-order valence-electron chi connectivity index (χ4n) is 10.2. The maximum absolute atomic E-state index is 2.60. The SMILES string of the molecule is CC1(C)c2cc3ccccc3cc2-c2c(N(c3ccc4ccccc4c3-c3cccc4ccccc34)c3cccc4c5ccccc5n(-c5ccccc5)c34)cccc21. The van der Waals surface area contributed by atoms with Crippen LogP contribution in [-0.2, 0) is 5.41 Å². The van der Waals surface area contributed by atoms with Gasteiger partial charge in [-0.25, -0.2) is 0 Å². The lowest BCUT2D eigenvalue weighted by molar-refractivity contribution is 0.661. The number of para-hydroxylation sites is 3. The minimum absolute atomic E-state index is 0.205. The van der Waals surface area contributed by atoms with Crippen molar-refractivity contribution < 1.29 is 0 Å². The minimum Gasteiger partial charge on any atom is -0.307 e. The third-order valence-corrected chi connectivity index (χ3v) is 12.9. The molecule has 10 aromatic carbocycles. The Hall–Kier alpha value is -7.42. The Morgan fingerprint density at radius 3 is 1.76 bits per heavy atom. The molecule has 0 fully saturated rings. The van der Waals surface area contributed by atoms with Gasteiger partial charge in [-0.15, -0.1) is 0 Å². The molecule has 2 heteroatoms. The van der Waals surface area contributed by atoms with Crippen LogP contribution in [0.1, 0.15) is 25.0 Å². The Morgan fingerprint density at radius 1 is 0.373 bits per heavy atom. The summed E-state index contributed by atoms with van der Waals surface area (Å²) in [6.45, 7) is 4.79. The molecule has 11 aromatic rings. The molecular weight excluding hydrogens is 713 g/mol. The smallest absolute Gasteiger partial charge is 0.0782 e. The van der Waals surface area contributed by atoms with Gasteiger partial charge in [-0.05, 0) is 103 Å². The zero-order chi connectivity index (χ0) is 39.2. The van der Waals surface area contributed by atoms with Crippen molar-refractivity contribution in [2.24, 2.45) is 0 Å². The van der Waals surface area contributed by atoms with Crippen LogP contribution in [0.25, 0.3) is 82.1 Å². The normalized spacial score (nSPS) is 13.1. The van der Waals surface area contributed by atoms with Gasteiger partial charge in [0.1, 0.15) is 0 Å². The zero-order valence-corrected chi connectivity index (χ0v) is 33.0. The van der Waals surface area contributed by atoms with Crippen molar-refractivity contribution >= 4 is 71.2 Å². The first-order chi connectivity index (χ1) is 29.1. The van der Waals surface area contributed by atoms with Crippen LogP contribution >= 0.6 is 0 Å². The maximum Gasteiger partial charge on any atom is 0.0782 e. The van der Waals surface area contributed by atoms with Crippen molar-refractivity contribution in [2.45, 2.75) is 19.3 Å². The Morgan fingerprint density at radius 2 is 0.949 bits per heavy atom. The molecule has 1 heterocycles. The van der Waals surface area contributed by atoms with Gasteiger partial charge in [0.15, 0.2) is 0 Å². The first kappa shape index (κ1) is 33.7. The van der Waals surface area contributed by atoms with Crippen LogP contribution in [0, 0.1) is 0 Å². The number of nitrogens with zero attached hydrogens (tertiary/aromatic N) is 2. The Kier molecular flexibility index (Phi) is 7.31. The van der Waals surface area contributed by atoms with Gasteiger partial charge in [-0.1, -0.05) is 172 Å². The van der Waals surface area contributed by atoms with Gasteiger partial charge >= 0.3 is 0 Å². The van der Waals surface area contributed by atoms with Crippen LogP contribution in [0.4, 0.5) is 17.1 Å². The lowest BCUT2D eigenvalue weighted by atomic mass is 9.82. The summed E-state index contributed by atoms with van der Waals surface area (Å²) in [5, 5.41) is 9.88. The number of hydrogen-bond donors (Lipinski definition) is 0. The molecule has 0 bridgehead atoms. The Bertz CT molecular complexity index is 3470. The predicted molar refractivity (Wildman–Crippen MR) is 251 cm³/mol. The number of hydrogen-bond acceptors (Lipinski definition) is 1. The van der Waals surface area contributed by atoms with Crippen molar-refractivity contribution in [1.82, 2.24) is 4.57 Å². The van der Waals surface area contributed by atoms with E-state index in [1.165, 1.54) is 93.2 Å². The largest absolute Gasteiger partial charge is 0.307 e. The van der Waals surface area contributed by atoms with E-state index in [9.17, 15) is 0 Å². The third-order valence-electron chi connectivity index (χ3n) is 12.9. The Balaban J connectivity index is 1.27. The van der Waals surface area contributed by atoms with Gasteiger partial charge in [-0.3, -0.25) is 0 Å². The lowest BCUT2D eigenvalue weighted by Crippen LogP contribution is -2.17. The van der Waals surface area contributed by atoms with Gasteiger partial charge < -0.3 is 9.47 Å². The molecule has 278 valence electrons. The highest BCUT2D eigenvalue weighted by atomic mass is 15.2. The second-order valence-electron chi connectivity index (χ2n) is 16.5. The van der Waals surface area contributed by atoms with Crippen molar-refractivity contribution in [1.29, 1.82) is 0 Å². The zero-order valence-electron chi connectivity index (χ0n) is 33.0. The van der Waals surface area contributed by atoms with Crippen molar-refractivity contribution in [3.05, 3.63) is 217 Å². The third kappa shape index (κ3) is 4.93. The molecule has 0 radical (unpaired) electrons. The molecule has 1 aliphatic carbocycles. The molecule has 0 saturated heterocycles. The molecule has 0 unspecified atom stereocenters. The van der Waals surface area contributed by atoms with Crippen molar-refractivity contribution in [2.75, 3.05) is 4.90 Å². The van der Waals surface area contributed by atoms with Crippen molar-refractivity contribution in [3.8, 4) is 27.9 Å². The molecule has 0 aliphatic heterocycles. The summed E-state index contributed by atoms with van der Waals surface area (Å²) in [6.07, 6.45) is 0. The average molecular weight is 753 g/mol. The topological polar surface area (TPSA) is 8.17 Å². The highest BCUT2D eigenvalue weighted by Crippen LogP contribution is 2.57. The van der Waals surface area contributed by atoms with E-state index in [2.05, 4.69) is 230 Å². The fraction of sp³-hybridized carbons (Fsp3) is 0.0526. The Labute approximate surface area is 343 Å². The first-order valence-corrected chi connectivity index (χ1v) is 20.6. The molecule has 0 N–H and O–H groups in total. The van der Waals surface area contributed by atoms with E-state index in [0.717, 1.165) is 17.1 Å². The highest BCUT2D eigenvalue weighted by molar-refractivity contribution is 6.18. The van der Waals surface area contributed by atoms with Crippen molar-refractivity contribution in [3.63, 3.8) is 0 Å². The van der Waals surface area contributed by atoms with Gasteiger partial charge in [0.25, 0.3) is 0 Å². The molecule has 59 heavy (non-hydrogen) atoms. The molecule has 12 rings (SSSR count). The predicted octanol–water partition coefficient (Wildman–Crippen LogP) is 15.7. The fourth-order valence-corrected chi connectivity index (χ4v) is 10.2. The second-order valence-corrected chi connectivity index (χ2v) is 16.5. The first-order valence-electron chi connectivity index (χ1n) is 20.6. The lowest BCUT2D eigenvalue weighted by Gasteiger charge is -2.32. The van der Waals surface area contributed by atoms with Gasteiger partial charge in [0, 0.05) is 33.0 Å². The summed E-state index contributed by atoms with van der Waals surface area (Å²) in [5.41, 5.74) is 14.4. The molecule has 2 nitrogen and oxygen atoms in total. The average Bonchev–Trinajstić information content (AvgIpc) is 3.74. The molecular formula is C57H40N2. The molecule has 1 aliphatic rings. The molecule has 0 amide bonds. The van der Waals surface area contributed by atoms with E-state index in [1.54, 1.807) is 0 Å². The van der Waals surface area contributed by atoms with Crippen LogP contribution in [0.15, 0.2) is 206 Å².